The summed E-state index contributed by atoms with van der Waals surface area (Å²) in [6.45, 7) is 4.48. The number of carbonyl (C=O) groups is 2. The van der Waals surface area contributed by atoms with Crippen LogP contribution in [0.15, 0.2) is 42.5 Å². The molecule has 1 aliphatic rings. The van der Waals surface area contributed by atoms with Gasteiger partial charge in [-0.05, 0) is 42.7 Å². The molecule has 1 aliphatic heterocycles. The molecule has 0 N–H and O–H groups in total. The first-order valence-corrected chi connectivity index (χ1v) is 8.77. The monoisotopic (exact) mass is 356 g/mol. The maximum atomic E-state index is 12.7. The number of hydrogen-bond acceptors (Lipinski definition) is 2. The number of anilines is 2. The van der Waals surface area contributed by atoms with E-state index in [1.165, 1.54) is 12.5 Å². The summed E-state index contributed by atoms with van der Waals surface area (Å²) in [6.07, 6.45) is 1.16. The number of aryl methyl sites for hydroxylation is 1. The highest BCUT2D eigenvalue weighted by molar-refractivity contribution is 6.31. The molecule has 0 saturated heterocycles. The number of fused-ring (bicyclic) bond motifs is 1. The topological polar surface area (TPSA) is 40.6 Å². The molecule has 4 nitrogen and oxygen atoms in total. The molecule has 0 atom stereocenters. The van der Waals surface area contributed by atoms with E-state index < -0.39 is 0 Å². The Labute approximate surface area is 153 Å². The Bertz CT molecular complexity index is 819. The first kappa shape index (κ1) is 17.5. The lowest BCUT2D eigenvalue weighted by molar-refractivity contribution is -0.118. The first-order valence-electron chi connectivity index (χ1n) is 8.40. The van der Waals surface area contributed by atoms with Crippen LogP contribution in [0.3, 0.4) is 0 Å². The van der Waals surface area contributed by atoms with Gasteiger partial charge in [0.2, 0.25) is 11.8 Å². The van der Waals surface area contributed by atoms with E-state index in [1.54, 1.807) is 17.0 Å². The number of carbonyl (C=O) groups excluding carboxylic acids is 2. The van der Waals surface area contributed by atoms with Gasteiger partial charge in [-0.25, -0.2) is 0 Å². The van der Waals surface area contributed by atoms with Gasteiger partial charge in [-0.1, -0.05) is 35.9 Å². The van der Waals surface area contributed by atoms with Crippen molar-refractivity contribution in [3.8, 4) is 0 Å². The summed E-state index contributed by atoms with van der Waals surface area (Å²) < 4.78 is 0. The Kier molecular flexibility index (Phi) is 5.09. The molecule has 0 unspecified atom stereocenters. The number of halogens is 1. The molecule has 0 aromatic heterocycles. The van der Waals surface area contributed by atoms with Crippen molar-refractivity contribution in [3.63, 3.8) is 0 Å². The third-order valence-electron chi connectivity index (χ3n) is 4.58. The van der Waals surface area contributed by atoms with E-state index in [2.05, 4.69) is 6.07 Å². The molecule has 2 aromatic carbocycles. The minimum atomic E-state index is -0.0972. The van der Waals surface area contributed by atoms with Crippen LogP contribution >= 0.6 is 11.6 Å². The lowest BCUT2D eigenvalue weighted by Gasteiger charge is -2.25. The van der Waals surface area contributed by atoms with E-state index in [-0.39, 0.29) is 18.2 Å². The van der Waals surface area contributed by atoms with E-state index in [0.29, 0.717) is 18.1 Å². The zero-order valence-corrected chi connectivity index (χ0v) is 15.2. The largest absolute Gasteiger partial charge is 0.312 e. The second kappa shape index (κ2) is 7.28. The number of para-hydroxylation sites is 1. The first-order chi connectivity index (χ1) is 12.0. The number of nitrogens with zero attached hydrogens (tertiary/aromatic N) is 2. The average molecular weight is 357 g/mol. The number of hydrogen-bond donors (Lipinski definition) is 0. The molecule has 1 heterocycles. The summed E-state index contributed by atoms with van der Waals surface area (Å²) in [5, 5.41) is 0.576. The predicted molar refractivity (Wildman–Crippen MR) is 101 cm³/mol. The van der Waals surface area contributed by atoms with Crippen LogP contribution in [-0.2, 0) is 16.0 Å². The minimum absolute atomic E-state index is 0.0379. The van der Waals surface area contributed by atoms with Gasteiger partial charge in [0.05, 0.1) is 0 Å². The zero-order valence-electron chi connectivity index (χ0n) is 14.5. The van der Waals surface area contributed by atoms with Crippen molar-refractivity contribution in [1.29, 1.82) is 0 Å². The van der Waals surface area contributed by atoms with Crippen molar-refractivity contribution >= 4 is 34.8 Å². The van der Waals surface area contributed by atoms with Crippen molar-refractivity contribution in [2.24, 2.45) is 0 Å². The third kappa shape index (κ3) is 3.69. The number of benzene rings is 2. The predicted octanol–water partition coefficient (Wildman–Crippen LogP) is 3.98. The maximum absolute atomic E-state index is 12.7. The molecule has 2 aromatic rings. The molecule has 0 saturated carbocycles. The van der Waals surface area contributed by atoms with E-state index in [0.717, 1.165) is 23.4 Å². The second-order valence-electron chi connectivity index (χ2n) is 6.28. The van der Waals surface area contributed by atoms with Crippen molar-refractivity contribution < 1.29 is 9.59 Å². The Morgan fingerprint density at radius 3 is 2.72 bits per heavy atom. The highest BCUT2D eigenvalue weighted by Crippen LogP contribution is 2.29. The normalized spacial score (nSPS) is 12.8. The number of rotatable bonds is 4. The molecule has 25 heavy (non-hydrogen) atoms. The van der Waals surface area contributed by atoms with E-state index >= 15 is 0 Å². The molecule has 5 heteroatoms. The molecule has 130 valence electrons. The van der Waals surface area contributed by atoms with Crippen LogP contribution in [0.5, 0.6) is 0 Å². The third-order valence-corrected chi connectivity index (χ3v) is 4.81. The van der Waals surface area contributed by atoms with E-state index in [1.807, 2.05) is 36.1 Å². The second-order valence-corrected chi connectivity index (χ2v) is 6.71. The molecule has 0 aliphatic carbocycles. The SMILES string of the molecule is CC(=O)N(CCC(=O)N1CCc2ccccc21)c1cc(Cl)ccc1C. The smallest absolute Gasteiger partial charge is 0.228 e. The minimum Gasteiger partial charge on any atom is -0.312 e. The van der Waals surface area contributed by atoms with Gasteiger partial charge in [0.15, 0.2) is 0 Å². The molecular weight excluding hydrogens is 336 g/mol. The van der Waals surface area contributed by atoms with Crippen LogP contribution in [0.2, 0.25) is 5.02 Å². The van der Waals surface area contributed by atoms with E-state index in [4.69, 9.17) is 11.6 Å². The molecule has 3 rings (SSSR count). The lowest BCUT2D eigenvalue weighted by Crippen LogP contribution is -2.36. The van der Waals surface area contributed by atoms with Crippen LogP contribution in [0.4, 0.5) is 11.4 Å². The van der Waals surface area contributed by atoms with Crippen LogP contribution in [-0.4, -0.2) is 24.9 Å². The van der Waals surface area contributed by atoms with Gasteiger partial charge in [-0.15, -0.1) is 0 Å². The van der Waals surface area contributed by atoms with Crippen LogP contribution in [0, 0.1) is 6.92 Å². The van der Waals surface area contributed by atoms with Gasteiger partial charge in [-0.3, -0.25) is 9.59 Å². The summed E-state index contributed by atoms with van der Waals surface area (Å²) in [5.41, 5.74) is 3.90. The summed E-state index contributed by atoms with van der Waals surface area (Å²) >= 11 is 6.07. The average Bonchev–Trinajstić information content (AvgIpc) is 3.01. The Morgan fingerprint density at radius 2 is 1.96 bits per heavy atom. The maximum Gasteiger partial charge on any atom is 0.228 e. The molecule has 0 bridgehead atoms. The highest BCUT2D eigenvalue weighted by Gasteiger charge is 2.25. The Morgan fingerprint density at radius 1 is 1.20 bits per heavy atom. The van der Waals surface area contributed by atoms with Crippen LogP contribution in [0.1, 0.15) is 24.5 Å². The molecule has 0 fully saturated rings. The summed E-state index contributed by atoms with van der Waals surface area (Å²) in [5.74, 6) is -0.0594. The Balaban J connectivity index is 1.73. The van der Waals surface area contributed by atoms with Crippen molar-refractivity contribution in [2.75, 3.05) is 22.9 Å². The highest BCUT2D eigenvalue weighted by atomic mass is 35.5. The van der Waals surface area contributed by atoms with E-state index in [9.17, 15) is 9.59 Å². The van der Waals surface area contributed by atoms with Gasteiger partial charge in [0, 0.05) is 42.8 Å². The van der Waals surface area contributed by atoms with Gasteiger partial charge in [0.1, 0.15) is 0 Å². The van der Waals surface area contributed by atoms with Crippen molar-refractivity contribution in [1.82, 2.24) is 0 Å². The molecular formula is C20H21ClN2O2. The summed E-state index contributed by atoms with van der Waals surface area (Å²) in [7, 11) is 0. The fraction of sp³-hybridized carbons (Fsp3) is 0.300. The fourth-order valence-electron chi connectivity index (χ4n) is 3.26. The molecule has 0 radical (unpaired) electrons. The van der Waals surface area contributed by atoms with Gasteiger partial charge in [-0.2, -0.15) is 0 Å². The molecule has 0 spiro atoms. The van der Waals surface area contributed by atoms with Crippen molar-refractivity contribution in [3.05, 3.63) is 58.6 Å². The van der Waals surface area contributed by atoms with Gasteiger partial charge < -0.3 is 9.80 Å². The van der Waals surface area contributed by atoms with Crippen LogP contribution < -0.4 is 9.80 Å². The summed E-state index contributed by atoms with van der Waals surface area (Å²) in [6, 6.07) is 13.4. The van der Waals surface area contributed by atoms with Gasteiger partial charge >= 0.3 is 0 Å². The Hall–Kier alpha value is -2.33. The number of amides is 2. The summed E-state index contributed by atoms with van der Waals surface area (Å²) in [4.78, 5) is 28.2. The fourth-order valence-corrected chi connectivity index (χ4v) is 3.43. The van der Waals surface area contributed by atoms with Crippen LogP contribution in [0.25, 0.3) is 0 Å². The standard InChI is InChI=1S/C20H21ClN2O2/c1-14-7-8-17(21)13-19(14)22(15(2)24)12-10-20(25)23-11-9-16-5-3-4-6-18(16)23/h3-8,13H,9-12H2,1-2H3. The quantitative estimate of drug-likeness (QED) is 0.831. The molecule has 2 amide bonds. The lowest BCUT2D eigenvalue weighted by atomic mass is 10.1. The zero-order chi connectivity index (χ0) is 18.0. The van der Waals surface area contributed by atoms with Gasteiger partial charge in [0.25, 0.3) is 0 Å². The van der Waals surface area contributed by atoms with Crippen molar-refractivity contribution in [2.45, 2.75) is 26.7 Å².